The number of nitrogens with one attached hydrogen (secondary N) is 1. The lowest BCUT2D eigenvalue weighted by atomic mass is 9.74. The predicted molar refractivity (Wildman–Crippen MR) is 91.4 cm³/mol. The van der Waals surface area contributed by atoms with E-state index in [1.54, 1.807) is 0 Å². The van der Waals surface area contributed by atoms with Gasteiger partial charge in [0.05, 0.1) is 16.4 Å². The van der Waals surface area contributed by atoms with Crippen LogP contribution in [0.5, 0.6) is 0 Å². The summed E-state index contributed by atoms with van der Waals surface area (Å²) in [4.78, 5) is 19.9. The normalized spacial score (nSPS) is 37.3. The molecule has 1 spiro atoms. The molecule has 1 amide bonds. The standard InChI is InChI=1S/C17H23N3OS/c21-16(20-10-3-7-18-9-11-20)13-12-22-17-6-2-1-4-15(17)19-8-5-14(13)17/h1-2,4,6,13-14,18H,3,5,7-12H2. The minimum Gasteiger partial charge on any atom is -0.341 e. The smallest absolute Gasteiger partial charge is 0.226 e. The van der Waals surface area contributed by atoms with Crippen LogP contribution in [-0.2, 0) is 4.79 Å². The zero-order chi connectivity index (χ0) is 15.0. The molecular weight excluding hydrogens is 294 g/mol. The summed E-state index contributed by atoms with van der Waals surface area (Å²) in [5.41, 5.74) is 1.18. The number of hydrogen-bond acceptors (Lipinski definition) is 4. The second kappa shape index (κ2) is 5.85. The molecule has 0 aromatic rings. The van der Waals surface area contributed by atoms with E-state index in [4.69, 9.17) is 4.99 Å². The first-order valence-corrected chi connectivity index (χ1v) is 9.34. The fourth-order valence-corrected chi connectivity index (χ4v) is 5.99. The fraction of sp³-hybridized carbons (Fsp3) is 0.647. The van der Waals surface area contributed by atoms with Crippen LogP contribution in [0.4, 0.5) is 0 Å². The molecular formula is C17H23N3OS. The van der Waals surface area contributed by atoms with E-state index in [9.17, 15) is 4.79 Å². The highest BCUT2D eigenvalue weighted by molar-refractivity contribution is 8.02. The number of thioether (sulfide) groups is 1. The molecule has 3 heterocycles. The second-order valence-corrected chi connectivity index (χ2v) is 7.82. The molecule has 3 unspecified atom stereocenters. The van der Waals surface area contributed by atoms with Crippen LogP contribution in [0.3, 0.4) is 0 Å². The van der Waals surface area contributed by atoms with Crippen LogP contribution in [0.2, 0.25) is 0 Å². The van der Waals surface area contributed by atoms with Crippen molar-refractivity contribution in [2.24, 2.45) is 16.8 Å². The quantitative estimate of drug-likeness (QED) is 0.797. The third kappa shape index (κ3) is 2.26. The molecule has 22 heavy (non-hydrogen) atoms. The predicted octanol–water partition coefficient (Wildman–Crippen LogP) is 1.50. The van der Waals surface area contributed by atoms with Crippen LogP contribution < -0.4 is 5.32 Å². The summed E-state index contributed by atoms with van der Waals surface area (Å²) in [5.74, 6) is 1.88. The van der Waals surface area contributed by atoms with Crippen LogP contribution in [0.15, 0.2) is 29.3 Å². The molecule has 2 saturated heterocycles. The van der Waals surface area contributed by atoms with Gasteiger partial charge < -0.3 is 10.2 Å². The molecule has 4 rings (SSSR count). The van der Waals surface area contributed by atoms with E-state index >= 15 is 0 Å². The van der Waals surface area contributed by atoms with Crippen molar-refractivity contribution in [1.29, 1.82) is 0 Å². The molecule has 0 aromatic heterocycles. The minimum absolute atomic E-state index is 0.0303. The van der Waals surface area contributed by atoms with Gasteiger partial charge in [0.1, 0.15) is 0 Å². The van der Waals surface area contributed by atoms with Crippen LogP contribution in [-0.4, -0.2) is 59.7 Å². The summed E-state index contributed by atoms with van der Waals surface area (Å²) in [6, 6.07) is 0. The molecule has 118 valence electrons. The Morgan fingerprint density at radius 1 is 1.36 bits per heavy atom. The van der Waals surface area contributed by atoms with E-state index in [-0.39, 0.29) is 10.7 Å². The number of aliphatic imine (C=N–C) groups is 1. The van der Waals surface area contributed by atoms with Crippen molar-refractivity contribution in [2.45, 2.75) is 17.6 Å². The second-order valence-electron chi connectivity index (χ2n) is 6.52. The summed E-state index contributed by atoms with van der Waals surface area (Å²) >= 11 is 1.93. The van der Waals surface area contributed by atoms with Crippen LogP contribution in [0.1, 0.15) is 12.8 Å². The maximum atomic E-state index is 13.1. The third-order valence-electron chi connectivity index (χ3n) is 5.34. The maximum Gasteiger partial charge on any atom is 0.226 e. The summed E-state index contributed by atoms with van der Waals surface area (Å²) in [7, 11) is 0. The van der Waals surface area contributed by atoms with Crippen LogP contribution in [0.25, 0.3) is 0 Å². The molecule has 5 heteroatoms. The largest absolute Gasteiger partial charge is 0.341 e. The molecule has 1 N–H and O–H groups in total. The SMILES string of the molecule is O=C(C1CSC23C=CC=CC2=NCCC13)N1CCCNCC1. The van der Waals surface area contributed by atoms with Crippen molar-refractivity contribution in [3.63, 3.8) is 0 Å². The van der Waals surface area contributed by atoms with Crippen molar-refractivity contribution in [3.05, 3.63) is 24.3 Å². The minimum atomic E-state index is -0.0303. The van der Waals surface area contributed by atoms with Crippen LogP contribution in [0, 0.1) is 11.8 Å². The van der Waals surface area contributed by atoms with Crippen LogP contribution >= 0.6 is 11.8 Å². The Labute approximate surface area is 136 Å². The highest BCUT2D eigenvalue weighted by Gasteiger charge is 2.54. The average molecular weight is 317 g/mol. The van der Waals surface area contributed by atoms with E-state index in [2.05, 4.69) is 34.5 Å². The molecule has 3 atom stereocenters. The van der Waals surface area contributed by atoms with E-state index in [0.29, 0.717) is 11.8 Å². The van der Waals surface area contributed by atoms with E-state index in [0.717, 1.165) is 51.3 Å². The molecule has 0 saturated carbocycles. The number of rotatable bonds is 1. The zero-order valence-corrected chi connectivity index (χ0v) is 13.6. The lowest BCUT2D eigenvalue weighted by Gasteiger charge is -2.39. The molecule has 0 radical (unpaired) electrons. The van der Waals surface area contributed by atoms with Crippen molar-refractivity contribution in [1.82, 2.24) is 10.2 Å². The van der Waals surface area contributed by atoms with E-state index in [1.807, 2.05) is 11.8 Å². The van der Waals surface area contributed by atoms with Gasteiger partial charge in [0.15, 0.2) is 0 Å². The Morgan fingerprint density at radius 3 is 3.27 bits per heavy atom. The first kappa shape index (κ1) is 14.5. The number of carbonyl (C=O) groups is 1. The highest BCUT2D eigenvalue weighted by atomic mass is 32.2. The van der Waals surface area contributed by atoms with Gasteiger partial charge in [-0.2, -0.15) is 0 Å². The van der Waals surface area contributed by atoms with Crippen molar-refractivity contribution in [2.75, 3.05) is 38.5 Å². The highest BCUT2D eigenvalue weighted by Crippen LogP contribution is 2.53. The molecule has 1 aliphatic carbocycles. The summed E-state index contributed by atoms with van der Waals surface area (Å²) < 4.78 is -0.0303. The van der Waals surface area contributed by atoms with Crippen molar-refractivity contribution >= 4 is 23.4 Å². The van der Waals surface area contributed by atoms with Gasteiger partial charge in [-0.1, -0.05) is 18.2 Å². The average Bonchev–Trinajstić information content (AvgIpc) is 2.74. The summed E-state index contributed by atoms with van der Waals surface area (Å²) in [5, 5.41) is 3.38. The molecule has 0 bridgehead atoms. The Morgan fingerprint density at radius 2 is 2.32 bits per heavy atom. The summed E-state index contributed by atoms with van der Waals surface area (Å²) in [6.45, 7) is 4.59. The number of nitrogens with zero attached hydrogens (tertiary/aromatic N) is 2. The number of carbonyl (C=O) groups excluding carboxylic acids is 1. The van der Waals surface area contributed by atoms with Gasteiger partial charge in [-0.05, 0) is 31.4 Å². The molecule has 4 nitrogen and oxygen atoms in total. The zero-order valence-electron chi connectivity index (χ0n) is 12.8. The van der Waals surface area contributed by atoms with Crippen molar-refractivity contribution in [3.8, 4) is 0 Å². The lowest BCUT2D eigenvalue weighted by Crippen LogP contribution is -2.47. The Bertz CT molecular complexity index is 548. The number of allylic oxidation sites excluding steroid dienone is 3. The first-order valence-electron chi connectivity index (χ1n) is 8.35. The number of amides is 1. The van der Waals surface area contributed by atoms with Gasteiger partial charge in [-0.15, -0.1) is 11.8 Å². The van der Waals surface area contributed by atoms with Gasteiger partial charge in [-0.25, -0.2) is 0 Å². The molecule has 2 fully saturated rings. The monoisotopic (exact) mass is 317 g/mol. The fourth-order valence-electron chi connectivity index (χ4n) is 4.21. The van der Waals surface area contributed by atoms with E-state index in [1.165, 1.54) is 5.71 Å². The Hall–Kier alpha value is -1.07. The molecule has 3 aliphatic heterocycles. The first-order chi connectivity index (χ1) is 10.8. The lowest BCUT2D eigenvalue weighted by molar-refractivity contribution is -0.136. The topological polar surface area (TPSA) is 44.7 Å². The van der Waals surface area contributed by atoms with Gasteiger partial charge >= 0.3 is 0 Å². The summed E-state index contributed by atoms with van der Waals surface area (Å²) in [6.07, 6.45) is 10.7. The maximum absolute atomic E-state index is 13.1. The number of hydrogen-bond donors (Lipinski definition) is 1. The van der Waals surface area contributed by atoms with Gasteiger partial charge in [0.2, 0.25) is 5.91 Å². The van der Waals surface area contributed by atoms with Gasteiger partial charge in [0, 0.05) is 31.9 Å². The van der Waals surface area contributed by atoms with Gasteiger partial charge in [0.25, 0.3) is 0 Å². The van der Waals surface area contributed by atoms with Crippen molar-refractivity contribution < 1.29 is 4.79 Å². The Kier molecular flexibility index (Phi) is 3.86. The molecule has 0 aromatic carbocycles. The Balaban J connectivity index is 1.57. The van der Waals surface area contributed by atoms with Gasteiger partial charge in [-0.3, -0.25) is 9.79 Å². The molecule has 4 aliphatic rings. The van der Waals surface area contributed by atoms with E-state index < -0.39 is 0 Å². The third-order valence-corrected chi connectivity index (χ3v) is 6.99.